The van der Waals surface area contributed by atoms with E-state index in [9.17, 15) is 0 Å². The molecule has 0 saturated heterocycles. The van der Waals surface area contributed by atoms with Crippen LogP contribution in [-0.2, 0) is 0 Å². The highest BCUT2D eigenvalue weighted by molar-refractivity contribution is 9.10. The van der Waals surface area contributed by atoms with Gasteiger partial charge >= 0.3 is 0 Å². The molecule has 2 aromatic heterocycles. The van der Waals surface area contributed by atoms with Crippen molar-refractivity contribution in [3.63, 3.8) is 0 Å². The van der Waals surface area contributed by atoms with Crippen LogP contribution in [0.3, 0.4) is 0 Å². The number of anilines is 1. The van der Waals surface area contributed by atoms with Gasteiger partial charge in [-0.05, 0) is 35.0 Å². The van der Waals surface area contributed by atoms with E-state index in [2.05, 4.69) is 43.1 Å². The van der Waals surface area contributed by atoms with E-state index in [1.165, 1.54) is 0 Å². The van der Waals surface area contributed by atoms with Crippen LogP contribution in [0.5, 0.6) is 0 Å². The number of nitrogens with one attached hydrogen (secondary N) is 1. The van der Waals surface area contributed by atoms with Crippen LogP contribution in [0.15, 0.2) is 29.0 Å². The standard InChI is InChI=1S/C13H12BrN3/c1-2-3-4-6-15-11-5-7-16-12-8-10(14)9-17-13(11)12/h5,7-9H,4,6H2,1H3,(H,15,16). The zero-order valence-electron chi connectivity index (χ0n) is 9.50. The van der Waals surface area contributed by atoms with Crippen LogP contribution >= 0.6 is 15.9 Å². The molecule has 0 amide bonds. The number of rotatable bonds is 3. The predicted octanol–water partition coefficient (Wildman–Crippen LogP) is 3.22. The van der Waals surface area contributed by atoms with Crippen molar-refractivity contribution in [1.29, 1.82) is 0 Å². The Balaban J connectivity index is 2.24. The third kappa shape index (κ3) is 2.95. The molecule has 0 fully saturated rings. The minimum absolute atomic E-state index is 0.817. The zero-order chi connectivity index (χ0) is 12.1. The lowest BCUT2D eigenvalue weighted by molar-refractivity contribution is 1.09. The smallest absolute Gasteiger partial charge is 0.112 e. The zero-order valence-corrected chi connectivity index (χ0v) is 11.1. The molecule has 86 valence electrons. The van der Waals surface area contributed by atoms with Crippen molar-refractivity contribution in [1.82, 2.24) is 9.97 Å². The molecule has 1 N–H and O–H groups in total. The second kappa shape index (κ2) is 5.65. The van der Waals surface area contributed by atoms with Gasteiger partial charge in [-0.25, -0.2) is 0 Å². The normalized spacial score (nSPS) is 9.76. The molecule has 0 aliphatic rings. The van der Waals surface area contributed by atoms with Crippen molar-refractivity contribution >= 4 is 32.7 Å². The van der Waals surface area contributed by atoms with Crippen LogP contribution in [0.2, 0.25) is 0 Å². The van der Waals surface area contributed by atoms with Crippen LogP contribution < -0.4 is 5.32 Å². The van der Waals surface area contributed by atoms with Crippen molar-refractivity contribution in [3.8, 4) is 11.8 Å². The van der Waals surface area contributed by atoms with Gasteiger partial charge in [0.05, 0.1) is 11.2 Å². The number of hydrogen-bond acceptors (Lipinski definition) is 3. The minimum Gasteiger partial charge on any atom is -0.382 e. The van der Waals surface area contributed by atoms with E-state index < -0.39 is 0 Å². The van der Waals surface area contributed by atoms with E-state index in [0.717, 1.165) is 34.2 Å². The third-order valence-electron chi connectivity index (χ3n) is 2.29. The summed E-state index contributed by atoms with van der Waals surface area (Å²) in [6, 6.07) is 3.89. The quantitative estimate of drug-likeness (QED) is 0.696. The molecular formula is C13H12BrN3. The van der Waals surface area contributed by atoms with Gasteiger partial charge in [-0.3, -0.25) is 9.97 Å². The third-order valence-corrected chi connectivity index (χ3v) is 2.72. The molecule has 17 heavy (non-hydrogen) atoms. The number of hydrogen-bond donors (Lipinski definition) is 1. The van der Waals surface area contributed by atoms with Crippen LogP contribution in [-0.4, -0.2) is 16.5 Å². The van der Waals surface area contributed by atoms with Crippen molar-refractivity contribution in [2.24, 2.45) is 0 Å². The fourth-order valence-electron chi connectivity index (χ4n) is 1.53. The number of pyridine rings is 2. The molecule has 0 radical (unpaired) electrons. The number of fused-ring (bicyclic) bond motifs is 1. The maximum Gasteiger partial charge on any atom is 0.112 e. The average molecular weight is 290 g/mol. The van der Waals surface area contributed by atoms with Gasteiger partial charge in [0.2, 0.25) is 0 Å². The first kappa shape index (κ1) is 11.9. The molecule has 0 spiro atoms. The summed E-state index contributed by atoms with van der Waals surface area (Å²) >= 11 is 3.39. The SMILES string of the molecule is CC#CCCNc1ccnc2cc(Br)cnc12. The number of halogens is 1. The summed E-state index contributed by atoms with van der Waals surface area (Å²) in [4.78, 5) is 8.66. The summed E-state index contributed by atoms with van der Waals surface area (Å²) < 4.78 is 0.937. The molecular weight excluding hydrogens is 278 g/mol. The van der Waals surface area contributed by atoms with Gasteiger partial charge in [-0.2, -0.15) is 0 Å². The molecule has 3 nitrogen and oxygen atoms in total. The van der Waals surface area contributed by atoms with Gasteiger partial charge in [-0.15, -0.1) is 11.8 Å². The Morgan fingerprint density at radius 2 is 2.29 bits per heavy atom. The summed E-state index contributed by atoms with van der Waals surface area (Å²) in [5.74, 6) is 5.89. The topological polar surface area (TPSA) is 37.8 Å². The first-order valence-corrected chi connectivity index (χ1v) is 6.14. The fourth-order valence-corrected chi connectivity index (χ4v) is 1.85. The summed E-state index contributed by atoms with van der Waals surface area (Å²) in [7, 11) is 0. The van der Waals surface area contributed by atoms with Crippen molar-refractivity contribution in [2.45, 2.75) is 13.3 Å². The Bertz CT molecular complexity index is 584. The van der Waals surface area contributed by atoms with Crippen LogP contribution in [0.4, 0.5) is 5.69 Å². The van der Waals surface area contributed by atoms with E-state index >= 15 is 0 Å². The summed E-state index contributed by atoms with van der Waals surface area (Å²) in [6.07, 6.45) is 4.39. The molecule has 4 heteroatoms. The molecule has 0 aliphatic heterocycles. The Hall–Kier alpha value is -1.60. The Kier molecular flexibility index (Phi) is 3.94. The van der Waals surface area contributed by atoms with Crippen LogP contribution in [0.25, 0.3) is 11.0 Å². The van der Waals surface area contributed by atoms with Gasteiger partial charge in [0.15, 0.2) is 0 Å². The van der Waals surface area contributed by atoms with Crippen molar-refractivity contribution in [2.75, 3.05) is 11.9 Å². The number of aromatic nitrogens is 2. The lowest BCUT2D eigenvalue weighted by Gasteiger charge is -2.07. The van der Waals surface area contributed by atoms with E-state index in [1.54, 1.807) is 12.4 Å². The highest BCUT2D eigenvalue weighted by Gasteiger charge is 2.02. The Morgan fingerprint density at radius 3 is 3.12 bits per heavy atom. The predicted molar refractivity (Wildman–Crippen MR) is 73.8 cm³/mol. The van der Waals surface area contributed by atoms with Crippen LogP contribution in [0, 0.1) is 11.8 Å². The summed E-state index contributed by atoms with van der Waals surface area (Å²) in [5, 5.41) is 3.32. The maximum atomic E-state index is 4.37. The molecule has 0 unspecified atom stereocenters. The largest absolute Gasteiger partial charge is 0.382 e. The first-order valence-electron chi connectivity index (χ1n) is 5.35. The van der Waals surface area contributed by atoms with Gasteiger partial charge in [0.25, 0.3) is 0 Å². The highest BCUT2D eigenvalue weighted by Crippen LogP contribution is 2.21. The minimum atomic E-state index is 0.817. The molecule has 2 aromatic rings. The highest BCUT2D eigenvalue weighted by atomic mass is 79.9. The Labute approximate surface area is 109 Å². The molecule has 0 saturated carbocycles. The maximum absolute atomic E-state index is 4.37. The lowest BCUT2D eigenvalue weighted by atomic mass is 10.2. The van der Waals surface area contributed by atoms with E-state index in [-0.39, 0.29) is 0 Å². The second-order valence-electron chi connectivity index (χ2n) is 3.48. The monoisotopic (exact) mass is 289 g/mol. The van der Waals surface area contributed by atoms with Crippen molar-refractivity contribution in [3.05, 3.63) is 29.0 Å². The summed E-state index contributed by atoms with van der Waals surface area (Å²) in [6.45, 7) is 2.67. The Morgan fingerprint density at radius 1 is 1.41 bits per heavy atom. The molecule has 2 heterocycles. The van der Waals surface area contributed by atoms with Gasteiger partial charge in [0.1, 0.15) is 5.52 Å². The van der Waals surface area contributed by atoms with Gasteiger partial charge in [-0.1, -0.05) is 0 Å². The van der Waals surface area contributed by atoms with E-state index in [4.69, 9.17) is 0 Å². The molecule has 0 aliphatic carbocycles. The van der Waals surface area contributed by atoms with E-state index in [1.807, 2.05) is 19.1 Å². The second-order valence-corrected chi connectivity index (χ2v) is 4.40. The molecule has 0 atom stereocenters. The first-order chi connectivity index (χ1) is 8.31. The number of nitrogens with zero attached hydrogens (tertiary/aromatic N) is 2. The van der Waals surface area contributed by atoms with E-state index in [0.29, 0.717) is 0 Å². The summed E-state index contributed by atoms with van der Waals surface area (Å²) in [5.41, 5.74) is 2.77. The van der Waals surface area contributed by atoms with Crippen LogP contribution in [0.1, 0.15) is 13.3 Å². The fraction of sp³-hybridized carbons (Fsp3) is 0.231. The molecule has 0 bridgehead atoms. The van der Waals surface area contributed by atoms with Crippen molar-refractivity contribution < 1.29 is 0 Å². The molecule has 0 aromatic carbocycles. The van der Waals surface area contributed by atoms with Gasteiger partial charge in [0, 0.05) is 29.8 Å². The lowest BCUT2D eigenvalue weighted by Crippen LogP contribution is -2.02. The average Bonchev–Trinajstić information content (AvgIpc) is 2.34. The molecule has 2 rings (SSSR count). The van der Waals surface area contributed by atoms with Gasteiger partial charge < -0.3 is 5.32 Å².